The van der Waals surface area contributed by atoms with Gasteiger partial charge in [0, 0.05) is 17.4 Å². The van der Waals surface area contributed by atoms with Crippen LogP contribution in [0.25, 0.3) is 0 Å². The molecule has 0 aromatic heterocycles. The summed E-state index contributed by atoms with van der Waals surface area (Å²) >= 11 is 0. The van der Waals surface area contributed by atoms with Crippen LogP contribution in [0.2, 0.25) is 0 Å². The van der Waals surface area contributed by atoms with E-state index in [1.165, 1.54) is 5.56 Å². The molecule has 0 aliphatic heterocycles. The van der Waals surface area contributed by atoms with Gasteiger partial charge in [-0.25, -0.2) is 0 Å². The first-order valence-corrected chi connectivity index (χ1v) is 9.62. The zero-order valence-electron chi connectivity index (χ0n) is 17.7. The zero-order chi connectivity index (χ0) is 20.8. The first-order chi connectivity index (χ1) is 13.2. The zero-order valence-corrected chi connectivity index (χ0v) is 17.7. The Hall–Kier alpha value is -2.66. The van der Waals surface area contributed by atoms with Crippen LogP contribution >= 0.6 is 0 Å². The molecule has 0 bridgehead atoms. The summed E-state index contributed by atoms with van der Waals surface area (Å²) in [6.45, 7) is 10.3. The third-order valence-corrected chi connectivity index (χ3v) is 4.58. The topological polar surface area (TPSA) is 52.7 Å². The lowest BCUT2D eigenvalue weighted by molar-refractivity contribution is -0.121. The Labute approximate surface area is 168 Å². The second kappa shape index (κ2) is 9.51. The molecule has 0 aliphatic rings. The number of likely N-dealkylation sites (N-methyl/N-ethyl adjacent to an activating group) is 1. The molecule has 0 fully saturated rings. The van der Waals surface area contributed by atoms with Crippen molar-refractivity contribution in [1.29, 1.82) is 0 Å². The number of nitrogens with zero attached hydrogens (tertiary/aromatic N) is 2. The van der Waals surface area contributed by atoms with Gasteiger partial charge in [0.25, 0.3) is 0 Å². The minimum atomic E-state index is -0.124. The van der Waals surface area contributed by atoms with Crippen molar-refractivity contribution < 1.29 is 9.59 Å². The maximum absolute atomic E-state index is 12.8. The average Bonchev–Trinajstić information content (AvgIpc) is 2.58. The van der Waals surface area contributed by atoms with Gasteiger partial charge in [-0.05, 0) is 64.9 Å². The summed E-state index contributed by atoms with van der Waals surface area (Å²) < 4.78 is 0. The monoisotopic (exact) mass is 381 g/mol. The average molecular weight is 382 g/mol. The van der Waals surface area contributed by atoms with Gasteiger partial charge in [-0.3, -0.25) is 14.5 Å². The van der Waals surface area contributed by atoms with E-state index in [1.807, 2.05) is 65.0 Å². The van der Waals surface area contributed by atoms with E-state index < -0.39 is 0 Å². The van der Waals surface area contributed by atoms with Gasteiger partial charge in [-0.15, -0.1) is 0 Å². The Morgan fingerprint density at radius 2 is 1.54 bits per heavy atom. The molecule has 0 saturated heterocycles. The molecule has 0 unspecified atom stereocenters. The van der Waals surface area contributed by atoms with Gasteiger partial charge in [0.15, 0.2) is 0 Å². The first-order valence-electron chi connectivity index (χ1n) is 9.62. The summed E-state index contributed by atoms with van der Waals surface area (Å²) in [5.74, 6) is -0.152. The van der Waals surface area contributed by atoms with Gasteiger partial charge in [0.05, 0.1) is 13.1 Å². The maximum Gasteiger partial charge on any atom is 0.241 e. The molecule has 0 aliphatic carbocycles. The van der Waals surface area contributed by atoms with E-state index in [4.69, 9.17) is 0 Å². The highest BCUT2D eigenvalue weighted by molar-refractivity contribution is 5.97. The molecule has 2 aromatic carbocycles. The van der Waals surface area contributed by atoms with Gasteiger partial charge in [-0.2, -0.15) is 0 Å². The number of amides is 2. The Kier molecular flexibility index (Phi) is 7.35. The number of anilines is 2. The van der Waals surface area contributed by atoms with Crippen LogP contribution in [-0.4, -0.2) is 42.9 Å². The SMILES string of the molecule is Cc1cc(C)c(NC(=O)CN(C)CC(=O)N(c2ccccc2)C(C)C)c(C)c1. The Morgan fingerprint density at radius 3 is 2.07 bits per heavy atom. The number of hydrogen-bond acceptors (Lipinski definition) is 3. The van der Waals surface area contributed by atoms with E-state index in [0.29, 0.717) is 0 Å². The minimum Gasteiger partial charge on any atom is -0.324 e. The van der Waals surface area contributed by atoms with E-state index in [0.717, 1.165) is 22.5 Å². The van der Waals surface area contributed by atoms with E-state index in [1.54, 1.807) is 16.8 Å². The second-order valence-electron chi connectivity index (χ2n) is 7.69. The normalized spacial score (nSPS) is 11.0. The standard InChI is InChI=1S/C23H31N3O2/c1-16(2)26(20-10-8-7-9-11-20)22(28)15-25(6)14-21(27)24-23-18(4)12-17(3)13-19(23)5/h7-13,16H,14-15H2,1-6H3,(H,24,27). The van der Waals surface area contributed by atoms with E-state index in [9.17, 15) is 9.59 Å². The lowest BCUT2D eigenvalue weighted by atomic mass is 10.1. The van der Waals surface area contributed by atoms with E-state index >= 15 is 0 Å². The fourth-order valence-electron chi connectivity index (χ4n) is 3.48. The Balaban J connectivity index is 2.00. The van der Waals surface area contributed by atoms with Gasteiger partial charge in [0.2, 0.25) is 11.8 Å². The van der Waals surface area contributed by atoms with Gasteiger partial charge >= 0.3 is 0 Å². The van der Waals surface area contributed by atoms with E-state index in [-0.39, 0.29) is 30.9 Å². The Bertz CT molecular complexity index is 808. The Morgan fingerprint density at radius 1 is 0.964 bits per heavy atom. The molecule has 0 saturated carbocycles. The van der Waals surface area contributed by atoms with Crippen molar-refractivity contribution >= 4 is 23.2 Å². The number of carbonyl (C=O) groups excluding carboxylic acids is 2. The minimum absolute atomic E-state index is 0.0285. The summed E-state index contributed by atoms with van der Waals surface area (Å²) in [4.78, 5) is 28.8. The molecule has 0 radical (unpaired) electrons. The van der Waals surface area contributed by atoms with Crippen LogP contribution in [-0.2, 0) is 9.59 Å². The molecule has 150 valence electrons. The van der Waals surface area contributed by atoms with E-state index in [2.05, 4.69) is 17.4 Å². The molecule has 2 rings (SSSR count). The van der Waals surface area contributed by atoms with Crippen molar-refractivity contribution in [3.8, 4) is 0 Å². The highest BCUT2D eigenvalue weighted by atomic mass is 16.2. The predicted molar refractivity (Wildman–Crippen MR) is 116 cm³/mol. The van der Waals surface area contributed by atoms with Crippen LogP contribution in [0.4, 0.5) is 11.4 Å². The number of para-hydroxylation sites is 1. The van der Waals surface area contributed by atoms with Crippen LogP contribution in [0.1, 0.15) is 30.5 Å². The smallest absolute Gasteiger partial charge is 0.241 e. The van der Waals surface area contributed by atoms with Crippen molar-refractivity contribution in [3.63, 3.8) is 0 Å². The van der Waals surface area contributed by atoms with Crippen LogP contribution in [0, 0.1) is 20.8 Å². The van der Waals surface area contributed by atoms with Crippen molar-refractivity contribution in [3.05, 3.63) is 59.2 Å². The summed E-state index contributed by atoms with van der Waals surface area (Å²) in [7, 11) is 1.79. The van der Waals surface area contributed by atoms with Crippen molar-refractivity contribution in [2.45, 2.75) is 40.7 Å². The first kappa shape index (κ1) is 21.6. The van der Waals surface area contributed by atoms with Gasteiger partial charge in [-0.1, -0.05) is 35.9 Å². The molecule has 0 atom stereocenters. The van der Waals surface area contributed by atoms with Gasteiger partial charge in [0.1, 0.15) is 0 Å². The van der Waals surface area contributed by atoms with Crippen molar-refractivity contribution in [1.82, 2.24) is 4.90 Å². The highest BCUT2D eigenvalue weighted by Crippen LogP contribution is 2.22. The van der Waals surface area contributed by atoms with Crippen molar-refractivity contribution in [2.24, 2.45) is 0 Å². The van der Waals surface area contributed by atoms with Crippen LogP contribution in [0.15, 0.2) is 42.5 Å². The summed E-state index contributed by atoms with van der Waals surface area (Å²) in [5.41, 5.74) is 4.97. The lowest BCUT2D eigenvalue weighted by Gasteiger charge is -2.29. The molecule has 2 amide bonds. The molecular weight excluding hydrogens is 350 g/mol. The van der Waals surface area contributed by atoms with Crippen LogP contribution in [0.5, 0.6) is 0 Å². The number of hydrogen-bond donors (Lipinski definition) is 1. The molecule has 5 heteroatoms. The fraction of sp³-hybridized carbons (Fsp3) is 0.391. The maximum atomic E-state index is 12.8. The number of nitrogens with one attached hydrogen (secondary N) is 1. The van der Waals surface area contributed by atoms with Crippen molar-refractivity contribution in [2.75, 3.05) is 30.4 Å². The van der Waals surface area contributed by atoms with Gasteiger partial charge < -0.3 is 10.2 Å². The number of aryl methyl sites for hydroxylation is 3. The third kappa shape index (κ3) is 5.67. The lowest BCUT2D eigenvalue weighted by Crippen LogP contribution is -2.44. The molecule has 0 spiro atoms. The molecule has 28 heavy (non-hydrogen) atoms. The molecule has 5 nitrogen and oxygen atoms in total. The van der Waals surface area contributed by atoms with Crippen LogP contribution < -0.4 is 10.2 Å². The third-order valence-electron chi connectivity index (χ3n) is 4.58. The summed E-state index contributed by atoms with van der Waals surface area (Å²) in [6.07, 6.45) is 0. The highest BCUT2D eigenvalue weighted by Gasteiger charge is 2.21. The largest absolute Gasteiger partial charge is 0.324 e. The number of carbonyl (C=O) groups is 2. The summed E-state index contributed by atoms with van der Waals surface area (Å²) in [6, 6.07) is 13.8. The number of benzene rings is 2. The number of rotatable bonds is 7. The quantitative estimate of drug-likeness (QED) is 0.791. The molecule has 2 aromatic rings. The molecular formula is C23H31N3O2. The summed E-state index contributed by atoms with van der Waals surface area (Å²) in [5, 5.41) is 2.99. The van der Waals surface area contributed by atoms with Crippen LogP contribution in [0.3, 0.4) is 0 Å². The molecule has 0 heterocycles. The second-order valence-corrected chi connectivity index (χ2v) is 7.69. The predicted octanol–water partition coefficient (Wildman–Crippen LogP) is 3.92. The molecule has 1 N–H and O–H groups in total. The fourth-order valence-corrected chi connectivity index (χ4v) is 3.48.